The molecule has 0 nitrogen and oxygen atoms in total. The van der Waals surface area contributed by atoms with Crippen molar-refractivity contribution in [2.45, 2.75) is 26.2 Å². The van der Waals surface area contributed by atoms with Gasteiger partial charge in [-0.25, -0.2) is 0 Å². The van der Waals surface area contributed by atoms with Crippen LogP contribution in [0.2, 0.25) is 0 Å². The van der Waals surface area contributed by atoms with Gasteiger partial charge in [-0.15, -0.1) is 0 Å². The van der Waals surface area contributed by atoms with Crippen LogP contribution in [0.5, 0.6) is 0 Å². The fraction of sp³-hybridized carbons (Fsp3) is 0.667. The van der Waals surface area contributed by atoms with Gasteiger partial charge in [-0.1, -0.05) is 19.1 Å². The molecular weight excluding hydrogens is 108 g/mol. The predicted octanol–water partition coefficient (Wildman–Crippen LogP) is 2.57. The number of hydrogen-bond acceptors (Lipinski definition) is 0. The summed E-state index contributed by atoms with van der Waals surface area (Å²) in [5.74, 6) is 3.54. The van der Waals surface area contributed by atoms with Crippen molar-refractivity contribution < 1.29 is 0 Å². The Kier molecular flexibility index (Phi) is 0.992. The van der Waals surface area contributed by atoms with Crippen molar-refractivity contribution in [3.8, 4) is 0 Å². The third-order valence-electron chi connectivity index (χ3n) is 2.78. The Morgan fingerprint density at radius 2 is 2.22 bits per heavy atom. The molecular formula is C9H13. The van der Waals surface area contributed by atoms with Gasteiger partial charge in [-0.2, -0.15) is 0 Å². The first-order chi connectivity index (χ1) is 4.27. The van der Waals surface area contributed by atoms with Crippen LogP contribution in [0, 0.1) is 17.8 Å². The molecule has 2 saturated carbocycles. The van der Waals surface area contributed by atoms with Crippen LogP contribution in [-0.2, 0) is 0 Å². The summed E-state index contributed by atoms with van der Waals surface area (Å²) in [4.78, 5) is 0. The fourth-order valence-corrected chi connectivity index (χ4v) is 2.37. The second-order valence-corrected chi connectivity index (χ2v) is 3.54. The number of hydrogen-bond donors (Lipinski definition) is 0. The highest BCUT2D eigenvalue weighted by Gasteiger charge is 2.39. The fourth-order valence-electron chi connectivity index (χ4n) is 2.37. The van der Waals surface area contributed by atoms with E-state index in [2.05, 4.69) is 13.5 Å². The molecule has 9 heavy (non-hydrogen) atoms. The molecule has 2 aliphatic carbocycles. The second kappa shape index (κ2) is 1.62. The van der Waals surface area contributed by atoms with Crippen LogP contribution in [0.4, 0.5) is 0 Å². The van der Waals surface area contributed by atoms with Crippen LogP contribution in [0.3, 0.4) is 0 Å². The van der Waals surface area contributed by atoms with Crippen LogP contribution >= 0.6 is 0 Å². The first-order valence-corrected chi connectivity index (χ1v) is 3.81. The molecule has 0 heteroatoms. The van der Waals surface area contributed by atoms with Crippen LogP contribution in [0.15, 0.2) is 12.2 Å². The van der Waals surface area contributed by atoms with Gasteiger partial charge in [0.05, 0.1) is 0 Å². The van der Waals surface area contributed by atoms with Crippen molar-refractivity contribution in [2.75, 3.05) is 0 Å². The zero-order valence-electron chi connectivity index (χ0n) is 5.98. The molecule has 0 N–H and O–H groups in total. The minimum atomic E-state index is 0.872. The van der Waals surface area contributed by atoms with Crippen molar-refractivity contribution in [1.82, 2.24) is 0 Å². The molecule has 0 spiro atoms. The molecule has 2 rings (SSSR count). The Bertz CT molecular complexity index is 146. The van der Waals surface area contributed by atoms with Gasteiger partial charge in [0, 0.05) is 5.92 Å². The summed E-state index contributed by atoms with van der Waals surface area (Å²) in [6, 6.07) is 0. The molecule has 2 aliphatic rings. The quantitative estimate of drug-likeness (QED) is 0.462. The first kappa shape index (κ1) is 5.52. The normalized spacial score (nSPS) is 42.6. The van der Waals surface area contributed by atoms with E-state index in [-0.39, 0.29) is 0 Å². The summed E-state index contributed by atoms with van der Waals surface area (Å²) in [6.45, 7) is 6.38. The predicted molar refractivity (Wildman–Crippen MR) is 38.9 cm³/mol. The Hall–Kier alpha value is -0.260. The lowest BCUT2D eigenvalue weighted by molar-refractivity contribution is 0.496. The number of fused-ring (bicyclic) bond motifs is 2. The summed E-state index contributed by atoms with van der Waals surface area (Å²) in [5.41, 5.74) is 1.46. The molecule has 0 saturated heterocycles. The van der Waals surface area contributed by atoms with E-state index in [4.69, 9.17) is 0 Å². The Morgan fingerprint density at radius 3 is 2.56 bits per heavy atom. The lowest BCUT2D eigenvalue weighted by Gasteiger charge is -2.18. The van der Waals surface area contributed by atoms with Crippen molar-refractivity contribution >= 4 is 0 Å². The van der Waals surface area contributed by atoms with Gasteiger partial charge in [0.15, 0.2) is 0 Å². The highest BCUT2D eigenvalue weighted by Crippen LogP contribution is 2.51. The van der Waals surface area contributed by atoms with Gasteiger partial charge in [0.25, 0.3) is 0 Å². The van der Waals surface area contributed by atoms with Crippen LogP contribution < -0.4 is 0 Å². The van der Waals surface area contributed by atoms with E-state index in [0.717, 1.165) is 11.8 Å². The number of rotatable bonds is 0. The van der Waals surface area contributed by atoms with E-state index in [9.17, 15) is 0 Å². The number of allylic oxidation sites excluding steroid dienone is 1. The Balaban J connectivity index is 2.21. The van der Waals surface area contributed by atoms with Crippen LogP contribution in [0.1, 0.15) is 26.2 Å². The van der Waals surface area contributed by atoms with Crippen molar-refractivity contribution in [3.63, 3.8) is 0 Å². The molecule has 0 amide bonds. The maximum absolute atomic E-state index is 4.05. The zero-order chi connectivity index (χ0) is 6.43. The largest absolute Gasteiger partial charge is 0.0992 e. The summed E-state index contributed by atoms with van der Waals surface area (Å²) < 4.78 is 0. The van der Waals surface area contributed by atoms with E-state index >= 15 is 0 Å². The third-order valence-corrected chi connectivity index (χ3v) is 2.78. The molecule has 49 valence electrons. The summed E-state index contributed by atoms with van der Waals surface area (Å²) >= 11 is 0. The maximum Gasteiger partial charge on any atom is 0.00339 e. The van der Waals surface area contributed by atoms with Crippen LogP contribution in [0.25, 0.3) is 0 Å². The molecule has 0 aliphatic heterocycles. The lowest BCUT2D eigenvalue weighted by Crippen LogP contribution is -2.05. The molecule has 0 heterocycles. The summed E-state index contributed by atoms with van der Waals surface area (Å²) in [5, 5.41) is 0. The Labute approximate surface area is 57.0 Å². The molecule has 2 unspecified atom stereocenters. The summed E-state index contributed by atoms with van der Waals surface area (Å²) in [6.07, 6.45) is 4.12. The molecule has 0 aromatic rings. The average Bonchev–Trinajstić information content (AvgIpc) is 2.22. The molecule has 2 fully saturated rings. The smallest absolute Gasteiger partial charge is 0.00339 e. The standard InChI is InChI=1S/C9H13/c1-6-3-8-4-7(2)9(6)5-8/h7-8H,1,3-5H2,2H3. The van der Waals surface area contributed by atoms with Gasteiger partial charge in [0.1, 0.15) is 0 Å². The van der Waals surface area contributed by atoms with Crippen molar-refractivity contribution in [3.05, 3.63) is 18.1 Å². The average molecular weight is 121 g/mol. The van der Waals surface area contributed by atoms with E-state index < -0.39 is 0 Å². The van der Waals surface area contributed by atoms with E-state index in [0.29, 0.717) is 0 Å². The molecule has 1 radical (unpaired) electrons. The van der Waals surface area contributed by atoms with E-state index in [1.165, 1.54) is 24.8 Å². The van der Waals surface area contributed by atoms with Gasteiger partial charge in [0.2, 0.25) is 0 Å². The molecule has 2 bridgehead atoms. The summed E-state index contributed by atoms with van der Waals surface area (Å²) in [7, 11) is 0. The maximum atomic E-state index is 4.05. The van der Waals surface area contributed by atoms with Crippen molar-refractivity contribution in [1.29, 1.82) is 0 Å². The lowest BCUT2D eigenvalue weighted by atomic mass is 9.87. The van der Waals surface area contributed by atoms with Gasteiger partial charge in [-0.3, -0.25) is 0 Å². The second-order valence-electron chi connectivity index (χ2n) is 3.54. The third kappa shape index (κ3) is 0.654. The first-order valence-electron chi connectivity index (χ1n) is 3.81. The topological polar surface area (TPSA) is 0 Å². The van der Waals surface area contributed by atoms with Crippen molar-refractivity contribution in [2.24, 2.45) is 11.8 Å². The minimum absolute atomic E-state index is 0.872. The molecule has 2 atom stereocenters. The minimum Gasteiger partial charge on any atom is -0.0992 e. The van der Waals surface area contributed by atoms with Gasteiger partial charge >= 0.3 is 0 Å². The van der Waals surface area contributed by atoms with Crippen LogP contribution in [-0.4, -0.2) is 0 Å². The van der Waals surface area contributed by atoms with Gasteiger partial charge in [-0.05, 0) is 31.1 Å². The van der Waals surface area contributed by atoms with E-state index in [1.807, 2.05) is 0 Å². The van der Waals surface area contributed by atoms with E-state index in [1.54, 1.807) is 5.92 Å². The SMILES string of the molecule is C=C1CC2C[C]1C(C)C2. The Morgan fingerprint density at radius 1 is 1.44 bits per heavy atom. The zero-order valence-corrected chi connectivity index (χ0v) is 5.98. The monoisotopic (exact) mass is 121 g/mol. The highest BCUT2D eigenvalue weighted by atomic mass is 14.4. The molecule has 0 aromatic carbocycles. The van der Waals surface area contributed by atoms with Gasteiger partial charge < -0.3 is 0 Å². The highest BCUT2D eigenvalue weighted by molar-refractivity contribution is 5.32. The molecule has 0 aromatic heterocycles.